The highest BCUT2D eigenvalue weighted by Gasteiger charge is 2.09. The molecule has 0 heterocycles. The van der Waals surface area contributed by atoms with Crippen LogP contribution in [0.2, 0.25) is 0 Å². The highest BCUT2D eigenvalue weighted by atomic mass is 79.9. The van der Waals surface area contributed by atoms with Crippen molar-refractivity contribution in [2.75, 3.05) is 5.32 Å². The summed E-state index contributed by atoms with van der Waals surface area (Å²) in [4.78, 5) is 12.1. The zero-order valence-corrected chi connectivity index (χ0v) is 12.9. The maximum atomic E-state index is 13.2. The fourth-order valence-corrected chi connectivity index (χ4v) is 2.30. The number of nitrogens with one attached hydrogen (secondary N) is 1. The van der Waals surface area contributed by atoms with Gasteiger partial charge in [0.1, 0.15) is 5.82 Å². The molecule has 2 rings (SSSR count). The van der Waals surface area contributed by atoms with E-state index in [-0.39, 0.29) is 18.1 Å². The largest absolute Gasteiger partial charge is 0.325 e. The predicted molar refractivity (Wildman–Crippen MR) is 82.3 cm³/mol. The highest BCUT2D eigenvalue weighted by Crippen LogP contribution is 2.23. The van der Waals surface area contributed by atoms with Gasteiger partial charge in [-0.05, 0) is 59.1 Å². The van der Waals surface area contributed by atoms with Crippen molar-refractivity contribution in [2.45, 2.75) is 20.3 Å². The van der Waals surface area contributed by atoms with Gasteiger partial charge in [0.25, 0.3) is 0 Å². The van der Waals surface area contributed by atoms with Crippen molar-refractivity contribution in [3.8, 4) is 0 Å². The van der Waals surface area contributed by atoms with E-state index in [1.165, 1.54) is 12.1 Å². The van der Waals surface area contributed by atoms with Crippen molar-refractivity contribution < 1.29 is 9.18 Å². The SMILES string of the molecule is Cc1ccc(C)c(CC(=O)Nc2cc(F)ccc2Br)c1. The molecule has 0 aliphatic carbocycles. The van der Waals surface area contributed by atoms with E-state index in [9.17, 15) is 9.18 Å². The highest BCUT2D eigenvalue weighted by molar-refractivity contribution is 9.10. The number of halogens is 2. The third kappa shape index (κ3) is 3.67. The first-order chi connectivity index (χ1) is 9.45. The Morgan fingerprint density at radius 3 is 2.70 bits per heavy atom. The van der Waals surface area contributed by atoms with Crippen molar-refractivity contribution in [2.24, 2.45) is 0 Å². The van der Waals surface area contributed by atoms with Crippen LogP contribution < -0.4 is 5.32 Å². The number of aryl methyl sites for hydroxylation is 2. The molecule has 0 radical (unpaired) electrons. The van der Waals surface area contributed by atoms with Crippen LogP contribution in [-0.4, -0.2) is 5.91 Å². The molecule has 0 fully saturated rings. The average Bonchev–Trinajstić information content (AvgIpc) is 2.38. The van der Waals surface area contributed by atoms with E-state index in [1.807, 2.05) is 32.0 Å². The van der Waals surface area contributed by atoms with Crippen molar-refractivity contribution in [3.05, 3.63) is 63.4 Å². The molecule has 0 unspecified atom stereocenters. The molecule has 2 aromatic carbocycles. The summed E-state index contributed by atoms with van der Waals surface area (Å²) < 4.78 is 13.8. The quantitative estimate of drug-likeness (QED) is 0.885. The molecule has 4 heteroatoms. The zero-order valence-electron chi connectivity index (χ0n) is 11.3. The molecule has 20 heavy (non-hydrogen) atoms. The lowest BCUT2D eigenvalue weighted by molar-refractivity contribution is -0.115. The summed E-state index contributed by atoms with van der Waals surface area (Å²) in [6.07, 6.45) is 0.274. The maximum absolute atomic E-state index is 13.2. The van der Waals surface area contributed by atoms with Gasteiger partial charge in [-0.2, -0.15) is 0 Å². The third-order valence-corrected chi connectivity index (χ3v) is 3.75. The molecule has 0 aliphatic heterocycles. The molecule has 0 saturated heterocycles. The fourth-order valence-electron chi connectivity index (χ4n) is 1.95. The van der Waals surface area contributed by atoms with Gasteiger partial charge in [-0.3, -0.25) is 4.79 Å². The standard InChI is InChI=1S/C16H15BrFNO/c1-10-3-4-11(2)12(7-10)8-16(20)19-15-9-13(18)5-6-14(15)17/h3-7,9H,8H2,1-2H3,(H,19,20). The normalized spacial score (nSPS) is 10.4. The molecule has 0 spiro atoms. The van der Waals surface area contributed by atoms with Crippen LogP contribution in [0.4, 0.5) is 10.1 Å². The Morgan fingerprint density at radius 1 is 1.20 bits per heavy atom. The van der Waals surface area contributed by atoms with E-state index < -0.39 is 0 Å². The second-order valence-corrected chi connectivity index (χ2v) is 5.63. The van der Waals surface area contributed by atoms with Gasteiger partial charge < -0.3 is 5.32 Å². The number of amides is 1. The summed E-state index contributed by atoms with van der Waals surface area (Å²) in [5.74, 6) is -0.541. The Morgan fingerprint density at radius 2 is 1.95 bits per heavy atom. The van der Waals surface area contributed by atoms with E-state index in [0.717, 1.165) is 16.7 Å². The van der Waals surface area contributed by atoms with Crippen molar-refractivity contribution in [3.63, 3.8) is 0 Å². The van der Waals surface area contributed by atoms with E-state index in [0.29, 0.717) is 10.2 Å². The number of benzene rings is 2. The summed E-state index contributed by atoms with van der Waals surface area (Å²) >= 11 is 3.29. The van der Waals surface area contributed by atoms with Crippen LogP contribution in [0.25, 0.3) is 0 Å². The summed E-state index contributed by atoms with van der Waals surface area (Å²) in [5.41, 5.74) is 3.62. The van der Waals surface area contributed by atoms with Gasteiger partial charge in [0, 0.05) is 4.47 Å². The molecule has 0 aliphatic rings. The minimum Gasteiger partial charge on any atom is -0.325 e. The van der Waals surface area contributed by atoms with Gasteiger partial charge in [-0.15, -0.1) is 0 Å². The minimum absolute atomic E-state index is 0.162. The Kier molecular flexibility index (Phi) is 4.55. The fraction of sp³-hybridized carbons (Fsp3) is 0.188. The first kappa shape index (κ1) is 14.7. The number of hydrogen-bond acceptors (Lipinski definition) is 1. The molecule has 0 bridgehead atoms. The predicted octanol–water partition coefficient (Wildman–Crippen LogP) is 4.39. The monoisotopic (exact) mass is 335 g/mol. The minimum atomic E-state index is -0.379. The van der Waals surface area contributed by atoms with Crippen molar-refractivity contribution >= 4 is 27.5 Å². The van der Waals surface area contributed by atoms with Crippen molar-refractivity contribution in [1.82, 2.24) is 0 Å². The van der Waals surface area contributed by atoms with Gasteiger partial charge in [0.15, 0.2) is 0 Å². The molecule has 104 valence electrons. The first-order valence-corrected chi connectivity index (χ1v) is 7.06. The van der Waals surface area contributed by atoms with E-state index in [4.69, 9.17) is 0 Å². The summed E-state index contributed by atoms with van der Waals surface area (Å²) in [6, 6.07) is 10.2. The van der Waals surface area contributed by atoms with Crippen LogP contribution in [0.1, 0.15) is 16.7 Å². The molecule has 2 aromatic rings. The Labute approximate surface area is 126 Å². The van der Waals surface area contributed by atoms with Gasteiger partial charge in [0.2, 0.25) is 5.91 Å². The molecule has 2 nitrogen and oxygen atoms in total. The molecule has 1 N–H and O–H groups in total. The number of anilines is 1. The van der Waals surface area contributed by atoms with Crippen molar-refractivity contribution in [1.29, 1.82) is 0 Å². The lowest BCUT2D eigenvalue weighted by Crippen LogP contribution is -2.15. The smallest absolute Gasteiger partial charge is 0.228 e. The topological polar surface area (TPSA) is 29.1 Å². The summed E-state index contributed by atoms with van der Waals surface area (Å²) in [5, 5.41) is 2.72. The number of hydrogen-bond donors (Lipinski definition) is 1. The van der Waals surface area contributed by atoms with E-state index in [1.54, 1.807) is 6.07 Å². The number of carbonyl (C=O) groups is 1. The molecule has 0 aromatic heterocycles. The Hall–Kier alpha value is -1.68. The lowest BCUT2D eigenvalue weighted by Gasteiger charge is -2.10. The summed E-state index contributed by atoms with van der Waals surface area (Å²) in [6.45, 7) is 3.96. The van der Waals surface area contributed by atoms with Gasteiger partial charge in [0.05, 0.1) is 12.1 Å². The average molecular weight is 336 g/mol. The van der Waals surface area contributed by atoms with Crippen LogP contribution in [0.5, 0.6) is 0 Å². The molecule has 0 atom stereocenters. The maximum Gasteiger partial charge on any atom is 0.228 e. The van der Waals surface area contributed by atoms with Crippen LogP contribution in [0, 0.1) is 19.7 Å². The van der Waals surface area contributed by atoms with Gasteiger partial charge in [-0.1, -0.05) is 23.8 Å². The van der Waals surface area contributed by atoms with Gasteiger partial charge in [-0.25, -0.2) is 4.39 Å². The zero-order chi connectivity index (χ0) is 14.7. The van der Waals surface area contributed by atoms with Gasteiger partial charge >= 0.3 is 0 Å². The summed E-state index contributed by atoms with van der Waals surface area (Å²) in [7, 11) is 0. The van der Waals surface area contributed by atoms with Crippen LogP contribution >= 0.6 is 15.9 Å². The number of carbonyl (C=O) groups excluding carboxylic acids is 1. The number of rotatable bonds is 3. The van der Waals surface area contributed by atoms with Crippen LogP contribution in [0.3, 0.4) is 0 Å². The van der Waals surface area contributed by atoms with Crippen LogP contribution in [0.15, 0.2) is 40.9 Å². The Balaban J connectivity index is 2.13. The van der Waals surface area contributed by atoms with E-state index >= 15 is 0 Å². The molecule has 1 amide bonds. The lowest BCUT2D eigenvalue weighted by atomic mass is 10.0. The second kappa shape index (κ2) is 6.18. The Bertz CT molecular complexity index is 599. The first-order valence-electron chi connectivity index (χ1n) is 6.27. The second-order valence-electron chi connectivity index (χ2n) is 4.78. The molecular formula is C16H15BrFNO. The molecule has 0 saturated carbocycles. The molecular weight excluding hydrogens is 321 g/mol. The third-order valence-electron chi connectivity index (χ3n) is 3.06. The van der Waals surface area contributed by atoms with Crippen LogP contribution in [-0.2, 0) is 11.2 Å². The van der Waals surface area contributed by atoms with E-state index in [2.05, 4.69) is 21.2 Å².